The maximum Gasteiger partial charge on any atom is 0.471 e. The van der Waals surface area contributed by atoms with E-state index >= 15 is 0 Å². The van der Waals surface area contributed by atoms with Crippen LogP contribution in [0.4, 0.5) is 13.2 Å². The number of hydrogen-bond acceptors (Lipinski definition) is 7. The Morgan fingerprint density at radius 1 is 0.942 bits per heavy atom. The van der Waals surface area contributed by atoms with Gasteiger partial charge in [-0.05, 0) is 65.9 Å². The van der Waals surface area contributed by atoms with Gasteiger partial charge < -0.3 is 29.7 Å². The summed E-state index contributed by atoms with van der Waals surface area (Å²) in [5.74, 6) is -2.58. The first-order valence-corrected chi connectivity index (χ1v) is 17.5. The molecule has 0 spiro atoms. The van der Waals surface area contributed by atoms with Crippen LogP contribution < -0.4 is 5.32 Å². The number of nitrogens with zero attached hydrogens (tertiary/aromatic N) is 3. The minimum absolute atomic E-state index is 0.0299. The molecule has 274 valence electrons. The van der Waals surface area contributed by atoms with Crippen LogP contribution in [0.3, 0.4) is 0 Å². The number of aromatic nitrogens is 1. The Hall–Kier alpha value is -4.62. The number of nitrogens with one attached hydrogen (secondary N) is 1. The van der Waals surface area contributed by atoms with Crippen LogP contribution in [0.1, 0.15) is 59.6 Å². The van der Waals surface area contributed by atoms with Gasteiger partial charge in [0.15, 0.2) is 6.29 Å². The van der Waals surface area contributed by atoms with Gasteiger partial charge in [0, 0.05) is 56.5 Å². The number of benzene rings is 3. The highest BCUT2D eigenvalue weighted by molar-refractivity contribution is 5.90. The van der Waals surface area contributed by atoms with E-state index in [-0.39, 0.29) is 38.3 Å². The van der Waals surface area contributed by atoms with Crippen LogP contribution in [-0.2, 0) is 38.6 Å². The van der Waals surface area contributed by atoms with Crippen LogP contribution in [0.25, 0.3) is 11.1 Å². The summed E-state index contributed by atoms with van der Waals surface area (Å²) in [6, 6.07) is 28.0. The number of pyridine rings is 1. The molecule has 0 bridgehead atoms. The number of likely N-dealkylation sites (tertiary alicyclic amines) is 1. The number of carbonyl (C=O) groups excluding carboxylic acids is 2. The molecule has 0 saturated carbocycles. The average Bonchev–Trinajstić information content (AvgIpc) is 3.66. The van der Waals surface area contributed by atoms with Gasteiger partial charge in [0.05, 0.1) is 18.8 Å². The van der Waals surface area contributed by atoms with E-state index in [2.05, 4.69) is 22.2 Å². The summed E-state index contributed by atoms with van der Waals surface area (Å²) in [4.78, 5) is 31.9. The number of aliphatic hydroxyl groups is 1. The fraction of sp³-hybridized carbons (Fsp3) is 0.375. The van der Waals surface area contributed by atoms with Gasteiger partial charge in [-0.25, -0.2) is 0 Å². The normalized spacial score (nSPS) is 20.6. The van der Waals surface area contributed by atoms with Crippen molar-refractivity contribution in [2.75, 3.05) is 26.7 Å². The van der Waals surface area contributed by atoms with Gasteiger partial charge >= 0.3 is 12.1 Å². The molecule has 0 radical (unpaired) electrons. The zero-order valence-corrected chi connectivity index (χ0v) is 29.0. The van der Waals surface area contributed by atoms with Gasteiger partial charge in [0.2, 0.25) is 5.91 Å². The number of carbonyl (C=O) groups is 2. The zero-order chi connectivity index (χ0) is 36.7. The Morgan fingerprint density at radius 2 is 1.71 bits per heavy atom. The Kier molecular flexibility index (Phi) is 12.0. The second-order valence-corrected chi connectivity index (χ2v) is 13.4. The number of aliphatic hydroxyl groups excluding tert-OH is 1. The predicted molar refractivity (Wildman–Crippen MR) is 188 cm³/mol. The number of alkyl halides is 3. The first-order valence-electron chi connectivity index (χ1n) is 17.5. The largest absolute Gasteiger partial charge is 0.471 e. The van der Waals surface area contributed by atoms with E-state index in [4.69, 9.17) is 9.47 Å². The van der Waals surface area contributed by atoms with Crippen molar-refractivity contribution >= 4 is 11.8 Å². The molecule has 0 aliphatic carbocycles. The molecule has 4 aromatic rings. The van der Waals surface area contributed by atoms with Crippen molar-refractivity contribution in [3.05, 3.63) is 125 Å². The third-order valence-electron chi connectivity index (χ3n) is 9.57. The van der Waals surface area contributed by atoms with E-state index in [1.54, 1.807) is 6.20 Å². The van der Waals surface area contributed by atoms with Crippen molar-refractivity contribution in [1.82, 2.24) is 20.1 Å². The van der Waals surface area contributed by atoms with Gasteiger partial charge in [-0.15, -0.1) is 0 Å². The van der Waals surface area contributed by atoms with Crippen LogP contribution in [-0.4, -0.2) is 76.7 Å². The van der Waals surface area contributed by atoms with E-state index in [9.17, 15) is 27.9 Å². The van der Waals surface area contributed by atoms with Crippen LogP contribution in [0.2, 0.25) is 0 Å². The first-order chi connectivity index (χ1) is 25.1. The molecule has 2 saturated heterocycles. The summed E-state index contributed by atoms with van der Waals surface area (Å²) in [7, 11) is 2.08. The molecule has 4 unspecified atom stereocenters. The lowest BCUT2D eigenvalue weighted by Gasteiger charge is -2.38. The predicted octanol–water partition coefficient (Wildman–Crippen LogP) is 6.13. The van der Waals surface area contributed by atoms with Gasteiger partial charge in [-0.1, -0.05) is 72.8 Å². The minimum atomic E-state index is -5.02. The van der Waals surface area contributed by atoms with Crippen molar-refractivity contribution in [1.29, 1.82) is 0 Å². The maximum atomic E-state index is 13.0. The van der Waals surface area contributed by atoms with Crippen LogP contribution >= 0.6 is 0 Å². The van der Waals surface area contributed by atoms with E-state index in [0.717, 1.165) is 52.0 Å². The zero-order valence-electron chi connectivity index (χ0n) is 29.0. The van der Waals surface area contributed by atoms with Crippen molar-refractivity contribution in [2.45, 2.75) is 69.6 Å². The van der Waals surface area contributed by atoms with Crippen molar-refractivity contribution in [2.24, 2.45) is 0 Å². The highest BCUT2D eigenvalue weighted by atomic mass is 19.4. The fourth-order valence-corrected chi connectivity index (χ4v) is 6.77. The molecule has 4 atom stereocenters. The topological polar surface area (TPSA) is 104 Å². The van der Waals surface area contributed by atoms with Crippen molar-refractivity contribution < 1.29 is 37.3 Å². The highest BCUT2D eigenvalue weighted by Gasteiger charge is 2.47. The number of ether oxygens (including phenoxy) is 2. The lowest BCUT2D eigenvalue weighted by atomic mass is 9.99. The summed E-state index contributed by atoms with van der Waals surface area (Å²) in [5.41, 5.74) is 6.33. The van der Waals surface area contributed by atoms with Crippen LogP contribution in [0, 0.1) is 0 Å². The highest BCUT2D eigenvalue weighted by Crippen LogP contribution is 2.38. The number of halogens is 3. The monoisotopic (exact) mass is 716 g/mol. The van der Waals surface area contributed by atoms with Crippen molar-refractivity contribution in [3.8, 4) is 11.1 Å². The Balaban J connectivity index is 1.11. The second-order valence-electron chi connectivity index (χ2n) is 13.4. The number of hydrogen-bond donors (Lipinski definition) is 2. The molecule has 6 rings (SSSR count). The molecule has 12 heteroatoms. The summed E-state index contributed by atoms with van der Waals surface area (Å²) in [6.45, 7) is 1.51. The maximum absolute atomic E-state index is 13.0. The van der Waals surface area contributed by atoms with Crippen molar-refractivity contribution in [3.63, 3.8) is 0 Å². The van der Waals surface area contributed by atoms with Gasteiger partial charge in [0.25, 0.3) is 0 Å². The van der Waals surface area contributed by atoms with Crippen LogP contribution in [0.15, 0.2) is 97.2 Å². The molecule has 2 N–H and O–H groups in total. The molecule has 1 aromatic heterocycles. The molecule has 2 aliphatic heterocycles. The van der Waals surface area contributed by atoms with E-state index in [1.165, 1.54) is 0 Å². The summed E-state index contributed by atoms with van der Waals surface area (Å²) in [6.07, 6.45) is -2.12. The van der Waals surface area contributed by atoms with E-state index < -0.39 is 30.3 Å². The molecule has 52 heavy (non-hydrogen) atoms. The molecule has 3 heterocycles. The standard InChI is InChI=1S/C40H43F3N4O5/c1-46(21-18-33-8-2-3-19-44-33)25-34-23-36(30-12-10-27(26-48)11-13-30)52-38(51-34)31-16-14-29(15-17-31)32-7-4-6-28(22-32)24-45-37(49)35-9-5-20-47(35)39(50)40(41,42)43/h2-4,6-8,10-17,19,22,34-36,38,48H,5,9,18,20-21,23-26H2,1H3,(H,45,49). The Bertz CT molecular complexity index is 1790. The summed E-state index contributed by atoms with van der Waals surface area (Å²) < 4.78 is 52.2. The molecule has 2 aliphatic rings. The molecular formula is C40H43F3N4O5. The number of rotatable bonds is 12. The molecule has 9 nitrogen and oxygen atoms in total. The van der Waals surface area contributed by atoms with Gasteiger partial charge in [0.1, 0.15) is 6.04 Å². The molecule has 2 fully saturated rings. The third-order valence-corrected chi connectivity index (χ3v) is 9.57. The SMILES string of the molecule is CN(CCc1ccccn1)CC1CC(c2ccc(CO)cc2)OC(c2ccc(-c3cccc(CNC(=O)C4CCCN4C(=O)C(F)(F)F)c3)cc2)O1. The van der Waals surface area contributed by atoms with Gasteiger partial charge in [-0.2, -0.15) is 13.2 Å². The van der Waals surface area contributed by atoms with Crippen LogP contribution in [0.5, 0.6) is 0 Å². The van der Waals surface area contributed by atoms with E-state index in [0.29, 0.717) is 24.3 Å². The Morgan fingerprint density at radius 3 is 2.42 bits per heavy atom. The minimum Gasteiger partial charge on any atom is -0.392 e. The average molecular weight is 717 g/mol. The van der Waals surface area contributed by atoms with E-state index in [1.807, 2.05) is 91.0 Å². The quantitative estimate of drug-likeness (QED) is 0.182. The fourth-order valence-electron chi connectivity index (χ4n) is 6.77. The number of likely N-dealkylation sites (N-methyl/N-ethyl adjacent to an activating group) is 1. The Labute approximate surface area is 301 Å². The lowest BCUT2D eigenvalue weighted by Crippen LogP contribution is -2.50. The van der Waals surface area contributed by atoms with Gasteiger partial charge in [-0.3, -0.25) is 14.6 Å². The molecule has 2 amide bonds. The first kappa shape index (κ1) is 37.1. The third kappa shape index (κ3) is 9.43. The number of amides is 2. The molecule has 3 aromatic carbocycles. The molecular weight excluding hydrogens is 673 g/mol. The smallest absolute Gasteiger partial charge is 0.392 e. The summed E-state index contributed by atoms with van der Waals surface area (Å²) >= 11 is 0. The summed E-state index contributed by atoms with van der Waals surface area (Å²) in [5, 5.41) is 12.3. The second kappa shape index (κ2) is 16.8. The lowest BCUT2D eigenvalue weighted by molar-refractivity contribution is -0.252.